The Balaban J connectivity index is 0.934. The van der Waals surface area contributed by atoms with Crippen molar-refractivity contribution in [1.29, 1.82) is 0 Å². The number of benzene rings is 8. The molecule has 54 heavy (non-hydrogen) atoms. The number of fused-ring (bicyclic) bond motifs is 5. The number of hydrogen-bond donors (Lipinski definition) is 0. The predicted octanol–water partition coefficient (Wildman–Crippen LogP) is 16.0. The molecular weight excluding hydrogens is 649 g/mol. The molecule has 0 amide bonds. The summed E-state index contributed by atoms with van der Waals surface area (Å²) < 4.78 is 0. The third-order valence-corrected chi connectivity index (χ3v) is 11.2. The van der Waals surface area contributed by atoms with Crippen LogP contribution in [0.5, 0.6) is 0 Å². The molecule has 268 valence electrons. The van der Waals surface area contributed by atoms with E-state index in [0.29, 0.717) is 0 Å². The molecule has 8 rings (SSSR count). The van der Waals surface area contributed by atoms with E-state index in [0.717, 1.165) is 0 Å². The van der Waals surface area contributed by atoms with E-state index < -0.39 is 0 Å². The molecule has 0 aromatic heterocycles. The fraction of sp³-hybridized carbons (Fsp3) is 0.222. The first-order chi connectivity index (χ1) is 26.6. The largest absolute Gasteiger partial charge is 0.0654 e. The quantitative estimate of drug-likeness (QED) is 0.0602. The lowest BCUT2D eigenvalue weighted by molar-refractivity contribution is 0.667. The van der Waals surface area contributed by atoms with Crippen molar-refractivity contribution in [3.8, 4) is 0 Å². The molecule has 0 aliphatic heterocycles. The Kier molecular flexibility index (Phi) is 11.0. The second kappa shape index (κ2) is 16.7. The van der Waals surface area contributed by atoms with Crippen molar-refractivity contribution in [3.63, 3.8) is 0 Å². The predicted molar refractivity (Wildman–Crippen MR) is 240 cm³/mol. The fourth-order valence-electron chi connectivity index (χ4n) is 8.04. The van der Waals surface area contributed by atoms with E-state index in [2.05, 4.69) is 172 Å². The van der Waals surface area contributed by atoms with Gasteiger partial charge in [-0.2, -0.15) is 0 Å². The Morgan fingerprint density at radius 3 is 0.926 bits per heavy atom. The van der Waals surface area contributed by atoms with Crippen molar-refractivity contribution < 1.29 is 0 Å². The maximum absolute atomic E-state index is 2.39. The van der Waals surface area contributed by atoms with E-state index in [-0.39, 0.29) is 0 Å². The third kappa shape index (κ3) is 8.50. The van der Waals surface area contributed by atoms with Gasteiger partial charge in [-0.25, -0.2) is 0 Å². The first-order valence-electron chi connectivity index (χ1n) is 20.4. The maximum atomic E-state index is 2.39. The van der Waals surface area contributed by atoms with Gasteiger partial charge >= 0.3 is 0 Å². The molecule has 0 bridgehead atoms. The number of hydrogen-bond acceptors (Lipinski definition) is 0. The molecule has 0 N–H and O–H groups in total. The van der Waals surface area contributed by atoms with Crippen LogP contribution >= 0.6 is 0 Å². The summed E-state index contributed by atoms with van der Waals surface area (Å²) >= 11 is 0. The van der Waals surface area contributed by atoms with Crippen LogP contribution in [0.1, 0.15) is 98.6 Å². The van der Waals surface area contributed by atoms with E-state index in [1.165, 1.54) is 151 Å². The molecule has 0 nitrogen and oxygen atoms in total. The van der Waals surface area contributed by atoms with Crippen molar-refractivity contribution in [2.45, 2.75) is 78.1 Å². The van der Waals surface area contributed by atoms with Gasteiger partial charge in [0.2, 0.25) is 0 Å². The van der Waals surface area contributed by atoms with Gasteiger partial charge in [0.1, 0.15) is 0 Å². The summed E-state index contributed by atoms with van der Waals surface area (Å²) in [7, 11) is 0. The second-order valence-electron chi connectivity index (χ2n) is 15.4. The van der Waals surface area contributed by atoms with Gasteiger partial charge in [-0.05, 0) is 161 Å². The molecule has 8 aromatic carbocycles. The van der Waals surface area contributed by atoms with Gasteiger partial charge < -0.3 is 0 Å². The monoisotopic (exact) mass is 700 g/mol. The molecule has 0 saturated heterocycles. The van der Waals surface area contributed by atoms with Gasteiger partial charge in [0.05, 0.1) is 0 Å². The van der Waals surface area contributed by atoms with Crippen molar-refractivity contribution >= 4 is 78.2 Å². The summed E-state index contributed by atoms with van der Waals surface area (Å²) in [6.45, 7) is 4.55. The van der Waals surface area contributed by atoms with Gasteiger partial charge in [-0.1, -0.05) is 162 Å². The van der Waals surface area contributed by atoms with Crippen molar-refractivity contribution in [2.24, 2.45) is 0 Å². The van der Waals surface area contributed by atoms with Gasteiger partial charge in [-0.3, -0.25) is 0 Å². The van der Waals surface area contributed by atoms with Gasteiger partial charge in [0.25, 0.3) is 0 Å². The summed E-state index contributed by atoms with van der Waals surface area (Å²) in [5, 5.41) is 13.0. The lowest BCUT2D eigenvalue weighted by atomic mass is 9.98. The summed E-state index contributed by atoms with van der Waals surface area (Å²) in [5.74, 6) is 0. The van der Waals surface area contributed by atoms with Crippen LogP contribution in [0.2, 0.25) is 0 Å². The molecule has 0 fully saturated rings. The van der Waals surface area contributed by atoms with E-state index in [1.54, 1.807) is 0 Å². The van der Waals surface area contributed by atoms with Gasteiger partial charge in [-0.15, -0.1) is 0 Å². The topological polar surface area (TPSA) is 0 Å². The highest BCUT2D eigenvalue weighted by molar-refractivity contribution is 6.01. The Labute approximate surface area is 321 Å². The molecule has 0 heteroatoms. The van der Waals surface area contributed by atoms with Crippen molar-refractivity contribution in [2.75, 3.05) is 0 Å². The minimum atomic E-state index is 1.18. The van der Waals surface area contributed by atoms with Crippen LogP contribution in [-0.2, 0) is 12.8 Å². The zero-order valence-electron chi connectivity index (χ0n) is 32.1. The Morgan fingerprint density at radius 1 is 0.278 bits per heavy atom. The molecular formula is C54H52. The highest BCUT2D eigenvalue weighted by Crippen LogP contribution is 2.29. The van der Waals surface area contributed by atoms with Crippen LogP contribution in [-0.4, -0.2) is 0 Å². The SMILES string of the molecule is CCCCCCc1ccc2cc3cc(/C=C/c4ccc5cc(/C=C/c6ccc7cc8cc(CCCCCC)ccc8cc7c6)ccc5c4)ccc3cc2c1. The average Bonchev–Trinajstić information content (AvgIpc) is 3.20. The summed E-state index contributed by atoms with van der Waals surface area (Å²) in [5.41, 5.74) is 7.78. The van der Waals surface area contributed by atoms with Crippen LogP contribution < -0.4 is 0 Å². The molecule has 0 radical (unpaired) electrons. The fourth-order valence-corrected chi connectivity index (χ4v) is 8.04. The van der Waals surface area contributed by atoms with Crippen LogP contribution in [0.4, 0.5) is 0 Å². The molecule has 0 atom stereocenters. The molecule has 0 heterocycles. The summed E-state index contributed by atoms with van der Waals surface area (Å²) in [4.78, 5) is 0. The van der Waals surface area contributed by atoms with E-state index in [9.17, 15) is 0 Å². The molecule has 0 aliphatic carbocycles. The number of unbranched alkanes of at least 4 members (excludes halogenated alkanes) is 6. The summed E-state index contributed by atoms with van der Waals surface area (Å²) in [6, 6.07) is 50.6. The maximum Gasteiger partial charge on any atom is -0.0172 e. The Hall–Kier alpha value is -5.46. The zero-order valence-corrected chi connectivity index (χ0v) is 32.1. The Bertz CT molecular complexity index is 2450. The normalized spacial score (nSPS) is 12.1. The number of rotatable bonds is 14. The average molecular weight is 701 g/mol. The first-order valence-corrected chi connectivity index (χ1v) is 20.4. The highest BCUT2D eigenvalue weighted by atomic mass is 14.1. The van der Waals surface area contributed by atoms with Crippen molar-refractivity contribution in [1.82, 2.24) is 0 Å². The molecule has 0 unspecified atom stereocenters. The van der Waals surface area contributed by atoms with E-state index in [1.807, 2.05) is 0 Å². The lowest BCUT2D eigenvalue weighted by Crippen LogP contribution is -1.87. The first kappa shape index (κ1) is 35.6. The minimum absolute atomic E-state index is 1.18. The standard InChI is InChI=1S/C54H52/c1-3-5-7-9-11-39-17-25-47-37-53-33-43(21-27-49(53)35-51(47)31-39)15-13-41-19-23-46-30-42(20-24-45(46)29-41)14-16-44-22-28-50-36-52-32-40(12-10-8-6-4-2)18-26-48(52)38-54(50)34-44/h13-38H,3-12H2,1-2H3/b15-13+,16-14+. The van der Waals surface area contributed by atoms with Gasteiger partial charge in [0.15, 0.2) is 0 Å². The minimum Gasteiger partial charge on any atom is -0.0654 e. The van der Waals surface area contributed by atoms with Crippen molar-refractivity contribution in [3.05, 3.63) is 167 Å². The molecule has 8 aromatic rings. The molecule has 0 aliphatic rings. The van der Waals surface area contributed by atoms with E-state index >= 15 is 0 Å². The van der Waals surface area contributed by atoms with Crippen LogP contribution in [0.15, 0.2) is 133 Å². The Morgan fingerprint density at radius 2 is 0.574 bits per heavy atom. The molecule has 0 spiro atoms. The van der Waals surface area contributed by atoms with E-state index in [4.69, 9.17) is 0 Å². The smallest absolute Gasteiger partial charge is 0.0172 e. The lowest BCUT2D eigenvalue weighted by Gasteiger charge is -2.07. The second-order valence-corrected chi connectivity index (χ2v) is 15.4. The van der Waals surface area contributed by atoms with Gasteiger partial charge in [0, 0.05) is 0 Å². The van der Waals surface area contributed by atoms with Crippen LogP contribution in [0.25, 0.3) is 78.2 Å². The third-order valence-electron chi connectivity index (χ3n) is 11.2. The number of aryl methyl sites for hydroxylation is 2. The molecule has 0 saturated carbocycles. The zero-order chi connectivity index (χ0) is 36.7. The van der Waals surface area contributed by atoms with Crippen LogP contribution in [0, 0.1) is 0 Å². The van der Waals surface area contributed by atoms with Crippen LogP contribution in [0.3, 0.4) is 0 Å². The highest BCUT2D eigenvalue weighted by Gasteiger charge is 2.04. The summed E-state index contributed by atoms with van der Waals surface area (Å²) in [6.07, 6.45) is 21.7.